The van der Waals surface area contributed by atoms with E-state index in [2.05, 4.69) is 46.5 Å². The van der Waals surface area contributed by atoms with Crippen LogP contribution in [0.3, 0.4) is 0 Å². The van der Waals surface area contributed by atoms with Gasteiger partial charge in [-0.2, -0.15) is 0 Å². The fourth-order valence-corrected chi connectivity index (χ4v) is 2.29. The Bertz CT molecular complexity index is 708. The number of hydrogen-bond acceptors (Lipinski definition) is 3. The van der Waals surface area contributed by atoms with Crippen molar-refractivity contribution in [2.75, 3.05) is 11.9 Å². The van der Waals surface area contributed by atoms with Crippen molar-refractivity contribution in [2.24, 2.45) is 0 Å². The summed E-state index contributed by atoms with van der Waals surface area (Å²) >= 11 is 0. The summed E-state index contributed by atoms with van der Waals surface area (Å²) in [4.78, 5) is 8.73. The zero-order chi connectivity index (χ0) is 13.8. The van der Waals surface area contributed by atoms with Gasteiger partial charge in [0.1, 0.15) is 0 Å². The van der Waals surface area contributed by atoms with Gasteiger partial charge < -0.3 is 5.32 Å². The first kappa shape index (κ1) is 12.6. The average molecular weight is 263 g/mol. The van der Waals surface area contributed by atoms with Gasteiger partial charge >= 0.3 is 0 Å². The molecule has 0 saturated carbocycles. The van der Waals surface area contributed by atoms with Crippen molar-refractivity contribution in [1.29, 1.82) is 0 Å². The van der Waals surface area contributed by atoms with Crippen LogP contribution in [-0.2, 0) is 6.42 Å². The number of rotatable bonds is 4. The standard InChI is InChI=1S/C17H17N3/c1-13-5-6-16-15(12-13)17(8-11-20-16)19-10-7-14-4-2-3-9-18-14/h2-6,8-9,11-12H,7,10H2,1H3,(H,19,20). The first-order valence-electron chi connectivity index (χ1n) is 6.82. The minimum atomic E-state index is 0.865. The van der Waals surface area contributed by atoms with E-state index in [0.717, 1.165) is 29.9 Å². The molecule has 1 aromatic carbocycles. The van der Waals surface area contributed by atoms with Crippen molar-refractivity contribution >= 4 is 16.6 Å². The second kappa shape index (κ2) is 5.70. The summed E-state index contributed by atoms with van der Waals surface area (Å²) in [5.41, 5.74) is 4.51. The number of anilines is 1. The number of aromatic nitrogens is 2. The summed E-state index contributed by atoms with van der Waals surface area (Å²) in [6, 6.07) is 14.4. The zero-order valence-corrected chi connectivity index (χ0v) is 11.5. The lowest BCUT2D eigenvalue weighted by molar-refractivity contribution is 0.962. The van der Waals surface area contributed by atoms with Gasteiger partial charge in [0.15, 0.2) is 0 Å². The molecule has 3 nitrogen and oxygen atoms in total. The molecule has 2 aromatic heterocycles. The molecule has 0 spiro atoms. The number of nitrogens with one attached hydrogen (secondary N) is 1. The highest BCUT2D eigenvalue weighted by Gasteiger charge is 2.02. The second-order valence-electron chi connectivity index (χ2n) is 4.88. The Hall–Kier alpha value is -2.42. The summed E-state index contributed by atoms with van der Waals surface area (Å²) in [5, 5.41) is 4.66. The Balaban J connectivity index is 1.76. The van der Waals surface area contributed by atoms with Crippen molar-refractivity contribution in [3.05, 3.63) is 66.1 Å². The monoisotopic (exact) mass is 263 g/mol. The van der Waals surface area contributed by atoms with Crippen LogP contribution in [0.1, 0.15) is 11.3 Å². The zero-order valence-electron chi connectivity index (χ0n) is 11.5. The normalized spacial score (nSPS) is 10.7. The maximum Gasteiger partial charge on any atom is 0.0722 e. The van der Waals surface area contributed by atoms with Gasteiger partial charge in [-0.25, -0.2) is 0 Å². The van der Waals surface area contributed by atoms with Crippen molar-refractivity contribution in [3.8, 4) is 0 Å². The molecule has 100 valence electrons. The van der Waals surface area contributed by atoms with Crippen molar-refractivity contribution < 1.29 is 0 Å². The maximum absolute atomic E-state index is 4.40. The smallest absolute Gasteiger partial charge is 0.0722 e. The van der Waals surface area contributed by atoms with Crippen LogP contribution in [0.15, 0.2) is 54.9 Å². The first-order valence-corrected chi connectivity index (χ1v) is 6.82. The lowest BCUT2D eigenvalue weighted by Gasteiger charge is -2.09. The van der Waals surface area contributed by atoms with Gasteiger partial charge in [-0.1, -0.05) is 17.7 Å². The van der Waals surface area contributed by atoms with Crippen LogP contribution < -0.4 is 5.32 Å². The third-order valence-corrected chi connectivity index (χ3v) is 3.32. The van der Waals surface area contributed by atoms with E-state index in [4.69, 9.17) is 0 Å². The molecule has 0 amide bonds. The molecule has 3 rings (SSSR count). The summed E-state index contributed by atoms with van der Waals surface area (Å²) in [5.74, 6) is 0. The molecule has 0 atom stereocenters. The van der Waals surface area contributed by atoms with Gasteiger partial charge in [0.05, 0.1) is 5.52 Å². The first-order chi connectivity index (χ1) is 9.83. The van der Waals surface area contributed by atoms with Crippen LogP contribution in [0, 0.1) is 6.92 Å². The van der Waals surface area contributed by atoms with E-state index in [0.29, 0.717) is 0 Å². The van der Waals surface area contributed by atoms with Crippen LogP contribution in [0.4, 0.5) is 5.69 Å². The molecule has 2 heterocycles. The molecule has 3 aromatic rings. The third-order valence-electron chi connectivity index (χ3n) is 3.32. The molecule has 0 fully saturated rings. The molecule has 0 aliphatic carbocycles. The van der Waals surface area contributed by atoms with Gasteiger partial charge in [0, 0.05) is 42.1 Å². The van der Waals surface area contributed by atoms with E-state index in [1.165, 1.54) is 10.9 Å². The predicted molar refractivity (Wildman–Crippen MR) is 82.9 cm³/mol. The van der Waals surface area contributed by atoms with E-state index >= 15 is 0 Å². The predicted octanol–water partition coefficient (Wildman–Crippen LogP) is 3.59. The van der Waals surface area contributed by atoms with Crippen LogP contribution in [0.5, 0.6) is 0 Å². The van der Waals surface area contributed by atoms with Crippen LogP contribution >= 0.6 is 0 Å². The molecule has 0 bridgehead atoms. The highest BCUT2D eigenvalue weighted by Crippen LogP contribution is 2.22. The Kier molecular flexibility index (Phi) is 3.59. The topological polar surface area (TPSA) is 37.8 Å². The lowest BCUT2D eigenvalue weighted by atomic mass is 10.1. The molecule has 0 aliphatic rings. The number of hydrogen-bond donors (Lipinski definition) is 1. The molecule has 20 heavy (non-hydrogen) atoms. The van der Waals surface area contributed by atoms with Gasteiger partial charge in [-0.3, -0.25) is 9.97 Å². The van der Waals surface area contributed by atoms with Gasteiger partial charge in [-0.15, -0.1) is 0 Å². The fourth-order valence-electron chi connectivity index (χ4n) is 2.29. The average Bonchev–Trinajstić information content (AvgIpc) is 2.49. The number of benzene rings is 1. The summed E-state index contributed by atoms with van der Waals surface area (Å²) in [6.45, 7) is 2.97. The molecule has 0 saturated heterocycles. The summed E-state index contributed by atoms with van der Waals surface area (Å²) in [6.07, 6.45) is 4.60. The fraction of sp³-hybridized carbons (Fsp3) is 0.176. The van der Waals surface area contributed by atoms with Crippen LogP contribution in [0.25, 0.3) is 10.9 Å². The number of nitrogens with zero attached hydrogens (tertiary/aromatic N) is 2. The SMILES string of the molecule is Cc1ccc2nccc(NCCc3ccccn3)c2c1. The molecule has 0 unspecified atom stereocenters. The van der Waals surface area contributed by atoms with E-state index < -0.39 is 0 Å². The van der Waals surface area contributed by atoms with E-state index in [1.54, 1.807) is 0 Å². The Morgan fingerprint density at radius 1 is 1.00 bits per heavy atom. The van der Waals surface area contributed by atoms with Gasteiger partial charge in [0.2, 0.25) is 0 Å². The molecule has 0 aliphatic heterocycles. The highest BCUT2D eigenvalue weighted by atomic mass is 14.9. The minimum absolute atomic E-state index is 0.865. The summed E-state index contributed by atoms with van der Waals surface area (Å²) < 4.78 is 0. The van der Waals surface area contributed by atoms with Crippen molar-refractivity contribution in [2.45, 2.75) is 13.3 Å². The Morgan fingerprint density at radius 3 is 2.80 bits per heavy atom. The molecular formula is C17H17N3. The van der Waals surface area contributed by atoms with Gasteiger partial charge in [0.25, 0.3) is 0 Å². The van der Waals surface area contributed by atoms with Crippen molar-refractivity contribution in [3.63, 3.8) is 0 Å². The maximum atomic E-state index is 4.40. The molecule has 1 N–H and O–H groups in total. The third kappa shape index (κ3) is 2.77. The number of pyridine rings is 2. The minimum Gasteiger partial charge on any atom is -0.384 e. The van der Waals surface area contributed by atoms with Crippen LogP contribution in [0.2, 0.25) is 0 Å². The van der Waals surface area contributed by atoms with E-state index in [-0.39, 0.29) is 0 Å². The largest absolute Gasteiger partial charge is 0.384 e. The van der Waals surface area contributed by atoms with E-state index in [1.807, 2.05) is 30.6 Å². The second-order valence-corrected chi connectivity index (χ2v) is 4.88. The Labute approximate surface area is 118 Å². The molecule has 0 radical (unpaired) electrons. The highest BCUT2D eigenvalue weighted by molar-refractivity contribution is 5.91. The number of aryl methyl sites for hydroxylation is 1. The molecule has 3 heteroatoms. The van der Waals surface area contributed by atoms with E-state index in [9.17, 15) is 0 Å². The molecular weight excluding hydrogens is 246 g/mol. The quantitative estimate of drug-likeness (QED) is 0.781. The van der Waals surface area contributed by atoms with Crippen molar-refractivity contribution in [1.82, 2.24) is 9.97 Å². The van der Waals surface area contributed by atoms with Gasteiger partial charge in [-0.05, 0) is 37.3 Å². The number of fused-ring (bicyclic) bond motifs is 1. The summed E-state index contributed by atoms with van der Waals surface area (Å²) in [7, 11) is 0. The Morgan fingerprint density at radius 2 is 1.95 bits per heavy atom. The van der Waals surface area contributed by atoms with Crippen LogP contribution in [-0.4, -0.2) is 16.5 Å². The lowest BCUT2D eigenvalue weighted by Crippen LogP contribution is -2.06.